The minimum atomic E-state index is 0.434. The minimum absolute atomic E-state index is 0.434. The standard InChI is InChI=1S/C26H21N5O/c1-2-7-22(17-26-28-30-31-29-26)20(5-1)12-9-19-10-15-24(16-11-19)32-18-23-14-13-21-6-3-4-8-25(21)27-23/h1-16H,17-18H2,(H,28,29,30,31)/b12-9+. The van der Waals surface area contributed by atoms with Crippen molar-refractivity contribution < 1.29 is 4.74 Å². The number of rotatable bonds is 7. The zero-order valence-corrected chi connectivity index (χ0v) is 17.3. The molecule has 0 bridgehead atoms. The molecule has 6 nitrogen and oxygen atoms in total. The molecule has 0 atom stereocenters. The summed E-state index contributed by atoms with van der Waals surface area (Å²) in [5.74, 6) is 1.56. The summed E-state index contributed by atoms with van der Waals surface area (Å²) in [5.41, 5.74) is 5.27. The van der Waals surface area contributed by atoms with Crippen molar-refractivity contribution in [1.29, 1.82) is 0 Å². The van der Waals surface area contributed by atoms with Crippen LogP contribution < -0.4 is 4.74 Å². The number of hydrogen-bond donors (Lipinski definition) is 1. The molecule has 3 aromatic carbocycles. The van der Waals surface area contributed by atoms with Crippen molar-refractivity contribution in [3.63, 3.8) is 0 Å². The summed E-state index contributed by atoms with van der Waals surface area (Å²) in [6.45, 7) is 0.434. The molecule has 0 saturated heterocycles. The molecule has 1 N–H and O–H groups in total. The van der Waals surface area contributed by atoms with E-state index in [1.54, 1.807) is 0 Å². The number of aromatic nitrogens is 5. The largest absolute Gasteiger partial charge is 0.487 e. The molecule has 32 heavy (non-hydrogen) atoms. The van der Waals surface area contributed by atoms with Crippen molar-refractivity contribution in [3.05, 3.63) is 113 Å². The molecule has 2 aromatic heterocycles. The second-order valence-electron chi connectivity index (χ2n) is 7.41. The van der Waals surface area contributed by atoms with Gasteiger partial charge in [0.25, 0.3) is 0 Å². The maximum absolute atomic E-state index is 5.93. The Hall–Kier alpha value is -4.32. The lowest BCUT2D eigenvalue weighted by atomic mass is 10.0. The molecule has 6 heteroatoms. The molecule has 0 saturated carbocycles. The van der Waals surface area contributed by atoms with Crippen molar-refractivity contribution in [1.82, 2.24) is 25.6 Å². The SMILES string of the molecule is C(=C\c1ccccc1Cc1nnn[nH]1)/c1ccc(OCc2ccc3ccccc3n2)cc1. The Morgan fingerprint density at radius 1 is 0.812 bits per heavy atom. The zero-order valence-electron chi connectivity index (χ0n) is 17.3. The molecule has 0 radical (unpaired) electrons. The van der Waals surface area contributed by atoms with Crippen molar-refractivity contribution >= 4 is 23.1 Å². The molecule has 2 heterocycles. The van der Waals surface area contributed by atoms with Crippen LogP contribution in [0.1, 0.15) is 28.2 Å². The highest BCUT2D eigenvalue weighted by Gasteiger charge is 2.04. The van der Waals surface area contributed by atoms with Crippen LogP contribution in [0.25, 0.3) is 23.1 Å². The van der Waals surface area contributed by atoms with Crippen LogP contribution in [-0.4, -0.2) is 25.6 Å². The molecular weight excluding hydrogens is 398 g/mol. The molecule has 0 unspecified atom stereocenters. The van der Waals surface area contributed by atoms with Crippen LogP contribution in [0.4, 0.5) is 0 Å². The highest BCUT2D eigenvalue weighted by atomic mass is 16.5. The lowest BCUT2D eigenvalue weighted by Gasteiger charge is -2.07. The average molecular weight is 419 g/mol. The van der Waals surface area contributed by atoms with Crippen LogP contribution >= 0.6 is 0 Å². The van der Waals surface area contributed by atoms with Crippen LogP contribution in [0.3, 0.4) is 0 Å². The number of pyridine rings is 1. The summed E-state index contributed by atoms with van der Waals surface area (Å²) in [6, 6.07) is 28.4. The van der Waals surface area contributed by atoms with Crippen LogP contribution in [0.5, 0.6) is 5.75 Å². The topological polar surface area (TPSA) is 76.6 Å². The molecular formula is C26H21N5O. The van der Waals surface area contributed by atoms with Crippen LogP contribution in [0.2, 0.25) is 0 Å². The summed E-state index contributed by atoms with van der Waals surface area (Å²) >= 11 is 0. The fourth-order valence-corrected chi connectivity index (χ4v) is 3.50. The molecule has 0 aliphatic rings. The van der Waals surface area contributed by atoms with E-state index in [4.69, 9.17) is 4.74 Å². The lowest BCUT2D eigenvalue weighted by Crippen LogP contribution is -1.98. The van der Waals surface area contributed by atoms with Crippen molar-refractivity contribution in [2.75, 3.05) is 0 Å². The summed E-state index contributed by atoms with van der Waals surface area (Å²) in [7, 11) is 0. The first kappa shape index (κ1) is 19.6. The van der Waals surface area contributed by atoms with Crippen molar-refractivity contribution in [2.45, 2.75) is 13.0 Å². The van der Waals surface area contributed by atoms with Gasteiger partial charge in [0, 0.05) is 11.8 Å². The Kier molecular flexibility index (Phi) is 5.66. The van der Waals surface area contributed by atoms with Crippen LogP contribution in [-0.2, 0) is 13.0 Å². The van der Waals surface area contributed by atoms with Gasteiger partial charge in [0.1, 0.15) is 12.4 Å². The normalized spacial score (nSPS) is 11.2. The molecule has 156 valence electrons. The van der Waals surface area contributed by atoms with E-state index in [-0.39, 0.29) is 0 Å². The first-order valence-electron chi connectivity index (χ1n) is 10.4. The molecule has 5 aromatic rings. The second-order valence-corrected chi connectivity index (χ2v) is 7.41. The number of H-pyrrole nitrogens is 1. The maximum atomic E-state index is 5.93. The van der Waals surface area contributed by atoms with E-state index in [0.717, 1.165) is 44.9 Å². The van der Waals surface area contributed by atoms with Gasteiger partial charge in [-0.2, -0.15) is 0 Å². The van der Waals surface area contributed by atoms with Gasteiger partial charge in [0.05, 0.1) is 11.2 Å². The highest BCUT2D eigenvalue weighted by Crippen LogP contribution is 2.19. The molecule has 0 amide bonds. The Morgan fingerprint density at radius 3 is 2.53 bits per heavy atom. The lowest BCUT2D eigenvalue weighted by molar-refractivity contribution is 0.302. The fourth-order valence-electron chi connectivity index (χ4n) is 3.50. The molecule has 5 rings (SSSR count). The van der Waals surface area contributed by atoms with Gasteiger partial charge in [0.2, 0.25) is 0 Å². The molecule has 0 fully saturated rings. The van der Waals surface area contributed by atoms with E-state index >= 15 is 0 Å². The number of hydrogen-bond acceptors (Lipinski definition) is 5. The van der Waals surface area contributed by atoms with Gasteiger partial charge in [-0.1, -0.05) is 72.8 Å². The Balaban J connectivity index is 1.23. The number of fused-ring (bicyclic) bond motifs is 1. The monoisotopic (exact) mass is 419 g/mol. The number of nitrogens with one attached hydrogen (secondary N) is 1. The predicted octanol–water partition coefficient (Wildman–Crippen LogP) is 5.09. The first-order valence-corrected chi connectivity index (χ1v) is 10.4. The number of aromatic amines is 1. The quantitative estimate of drug-likeness (QED) is 0.372. The van der Waals surface area contributed by atoms with E-state index in [9.17, 15) is 0 Å². The summed E-state index contributed by atoms with van der Waals surface area (Å²) < 4.78 is 5.93. The highest BCUT2D eigenvalue weighted by molar-refractivity contribution is 5.78. The Morgan fingerprint density at radius 2 is 1.66 bits per heavy atom. The third-order valence-corrected chi connectivity index (χ3v) is 5.18. The van der Waals surface area contributed by atoms with Crippen molar-refractivity contribution in [3.8, 4) is 5.75 Å². The number of nitrogens with zero attached hydrogens (tertiary/aromatic N) is 4. The third-order valence-electron chi connectivity index (χ3n) is 5.18. The zero-order chi connectivity index (χ0) is 21.6. The van der Waals surface area contributed by atoms with Gasteiger partial charge < -0.3 is 4.74 Å². The number of benzene rings is 3. The summed E-state index contributed by atoms with van der Waals surface area (Å²) in [6.07, 6.45) is 4.85. The van der Waals surface area contributed by atoms with Crippen LogP contribution in [0.15, 0.2) is 84.9 Å². The van der Waals surface area contributed by atoms with Gasteiger partial charge in [-0.25, -0.2) is 10.1 Å². The van der Waals surface area contributed by atoms with Crippen LogP contribution in [0, 0.1) is 0 Å². The maximum Gasteiger partial charge on any atom is 0.152 e. The van der Waals surface area contributed by atoms with E-state index in [1.807, 2.05) is 60.7 Å². The fraction of sp³-hybridized carbons (Fsp3) is 0.0769. The number of ether oxygens (including phenoxy) is 1. The van der Waals surface area contributed by atoms with E-state index in [2.05, 4.69) is 62.0 Å². The number of para-hydroxylation sites is 1. The van der Waals surface area contributed by atoms with E-state index in [1.165, 1.54) is 0 Å². The van der Waals surface area contributed by atoms with E-state index in [0.29, 0.717) is 13.0 Å². The van der Waals surface area contributed by atoms with Crippen molar-refractivity contribution in [2.24, 2.45) is 0 Å². The van der Waals surface area contributed by atoms with Gasteiger partial charge in [-0.15, -0.1) is 5.10 Å². The average Bonchev–Trinajstić information content (AvgIpc) is 3.36. The van der Waals surface area contributed by atoms with E-state index < -0.39 is 0 Å². The minimum Gasteiger partial charge on any atom is -0.487 e. The van der Waals surface area contributed by atoms with Gasteiger partial charge in [-0.05, 0) is 51.4 Å². The molecule has 0 spiro atoms. The molecule has 0 aliphatic carbocycles. The first-order chi connectivity index (χ1) is 15.8. The van der Waals surface area contributed by atoms with Gasteiger partial charge in [0.15, 0.2) is 5.82 Å². The second kappa shape index (κ2) is 9.22. The Labute approximate surface area is 185 Å². The Bertz CT molecular complexity index is 1340. The third kappa shape index (κ3) is 4.70. The number of tetrazole rings is 1. The molecule has 0 aliphatic heterocycles. The smallest absolute Gasteiger partial charge is 0.152 e. The van der Waals surface area contributed by atoms with Gasteiger partial charge >= 0.3 is 0 Å². The predicted molar refractivity (Wildman–Crippen MR) is 125 cm³/mol. The summed E-state index contributed by atoms with van der Waals surface area (Å²) in [4.78, 5) is 4.65. The van der Waals surface area contributed by atoms with Gasteiger partial charge in [-0.3, -0.25) is 0 Å². The summed E-state index contributed by atoms with van der Waals surface area (Å²) in [5, 5.41) is 15.2.